The van der Waals surface area contributed by atoms with Crippen LogP contribution in [0.3, 0.4) is 0 Å². The first-order valence-electron chi connectivity index (χ1n) is 7.25. The van der Waals surface area contributed by atoms with Crippen molar-refractivity contribution >= 4 is 5.78 Å². The predicted molar refractivity (Wildman–Crippen MR) is 74.7 cm³/mol. The van der Waals surface area contributed by atoms with Gasteiger partial charge in [0, 0.05) is 25.1 Å². The first-order chi connectivity index (χ1) is 8.34. The second-order valence-corrected chi connectivity index (χ2v) is 6.39. The Bertz CT molecular complexity index is 274. The van der Waals surface area contributed by atoms with Gasteiger partial charge in [-0.15, -0.1) is 0 Å². The van der Waals surface area contributed by atoms with E-state index in [4.69, 9.17) is 4.74 Å². The summed E-state index contributed by atoms with van der Waals surface area (Å²) in [4.78, 5) is 14.7. The Labute approximate surface area is 112 Å². The van der Waals surface area contributed by atoms with Crippen LogP contribution in [0.2, 0.25) is 0 Å². The molecule has 3 heteroatoms. The molecule has 0 spiro atoms. The van der Waals surface area contributed by atoms with Crippen molar-refractivity contribution in [1.82, 2.24) is 4.90 Å². The third-order valence-corrected chi connectivity index (χ3v) is 3.55. The molecule has 0 aliphatic carbocycles. The van der Waals surface area contributed by atoms with E-state index in [0.29, 0.717) is 17.7 Å². The van der Waals surface area contributed by atoms with Crippen LogP contribution in [0, 0.1) is 11.8 Å². The van der Waals surface area contributed by atoms with Gasteiger partial charge in [-0.05, 0) is 26.2 Å². The monoisotopic (exact) mass is 255 g/mol. The molecule has 1 aliphatic rings. The molecule has 0 aromatic heterocycles. The summed E-state index contributed by atoms with van der Waals surface area (Å²) < 4.78 is 5.97. The quantitative estimate of drug-likeness (QED) is 0.731. The summed E-state index contributed by atoms with van der Waals surface area (Å²) in [6, 6.07) is 0.370. The number of ether oxygens (including phenoxy) is 1. The Morgan fingerprint density at radius 1 is 1.22 bits per heavy atom. The van der Waals surface area contributed by atoms with E-state index < -0.39 is 0 Å². The Balaban J connectivity index is 2.74. The van der Waals surface area contributed by atoms with E-state index in [-0.39, 0.29) is 18.1 Å². The number of Topliss-reactive ketones (excluding diaryl/α,β-unsaturated/α-hetero) is 1. The second-order valence-electron chi connectivity index (χ2n) is 6.39. The molecule has 0 aromatic carbocycles. The maximum atomic E-state index is 12.4. The van der Waals surface area contributed by atoms with E-state index in [1.807, 2.05) is 13.8 Å². The lowest BCUT2D eigenvalue weighted by molar-refractivity contribution is -0.131. The predicted octanol–water partition coefficient (Wildman–Crippen LogP) is 2.74. The summed E-state index contributed by atoms with van der Waals surface area (Å²) in [5.74, 6) is 0.933. The maximum Gasteiger partial charge on any atom is 0.155 e. The number of carbonyl (C=O) groups excluding carboxylic acids is 1. The fourth-order valence-electron chi connectivity index (χ4n) is 2.54. The highest BCUT2D eigenvalue weighted by atomic mass is 16.5. The van der Waals surface area contributed by atoms with Crippen molar-refractivity contribution in [2.45, 2.75) is 66.2 Å². The molecule has 0 bridgehead atoms. The summed E-state index contributed by atoms with van der Waals surface area (Å²) >= 11 is 0. The molecule has 1 aliphatic heterocycles. The summed E-state index contributed by atoms with van der Waals surface area (Å²) in [5, 5.41) is 0. The number of likely N-dealkylation sites (tertiary alicyclic amines) is 1. The van der Waals surface area contributed by atoms with Crippen LogP contribution in [0.1, 0.15) is 48.0 Å². The molecule has 1 heterocycles. The van der Waals surface area contributed by atoms with Crippen LogP contribution >= 0.6 is 0 Å². The van der Waals surface area contributed by atoms with Crippen LogP contribution in [0.5, 0.6) is 0 Å². The minimum Gasteiger partial charge on any atom is -0.376 e. The van der Waals surface area contributed by atoms with E-state index in [1.165, 1.54) is 0 Å². The molecule has 0 aromatic rings. The molecule has 1 saturated heterocycles. The van der Waals surface area contributed by atoms with E-state index in [9.17, 15) is 4.79 Å². The SMILES string of the molecule is CC(C)CO[C@@H]1CCN(C(C)C)[C@@H]1C(=O)C(C)C. The van der Waals surface area contributed by atoms with Gasteiger partial charge in [0.1, 0.15) is 0 Å². The van der Waals surface area contributed by atoms with Gasteiger partial charge >= 0.3 is 0 Å². The molecule has 1 rings (SSSR count). The zero-order chi connectivity index (χ0) is 13.9. The molecule has 3 nitrogen and oxygen atoms in total. The Hall–Kier alpha value is -0.410. The van der Waals surface area contributed by atoms with Crippen molar-refractivity contribution in [3.8, 4) is 0 Å². The molecule has 0 N–H and O–H groups in total. The standard InChI is InChI=1S/C15H29NO2/c1-10(2)9-18-13-7-8-16(12(5)6)14(13)15(17)11(3)4/h10-14H,7-9H2,1-6H3/t13-,14+/m1/s1. The molecule has 0 unspecified atom stereocenters. The van der Waals surface area contributed by atoms with Crippen molar-refractivity contribution in [3.05, 3.63) is 0 Å². The van der Waals surface area contributed by atoms with Crippen LogP contribution in [-0.2, 0) is 9.53 Å². The van der Waals surface area contributed by atoms with E-state index in [1.54, 1.807) is 0 Å². The third-order valence-electron chi connectivity index (χ3n) is 3.55. The van der Waals surface area contributed by atoms with Crippen LogP contribution in [0.15, 0.2) is 0 Å². The van der Waals surface area contributed by atoms with Crippen LogP contribution in [0.25, 0.3) is 0 Å². The number of nitrogens with zero attached hydrogens (tertiary/aromatic N) is 1. The highest BCUT2D eigenvalue weighted by Gasteiger charge is 2.41. The lowest BCUT2D eigenvalue weighted by Crippen LogP contribution is -2.47. The lowest BCUT2D eigenvalue weighted by Gasteiger charge is -2.31. The highest BCUT2D eigenvalue weighted by Crippen LogP contribution is 2.26. The fraction of sp³-hybridized carbons (Fsp3) is 0.933. The van der Waals surface area contributed by atoms with Gasteiger partial charge in [0.2, 0.25) is 0 Å². The summed E-state index contributed by atoms with van der Waals surface area (Å²) in [6.07, 6.45) is 1.07. The first-order valence-corrected chi connectivity index (χ1v) is 7.25. The molecule has 1 fully saturated rings. The molecule has 106 valence electrons. The lowest BCUT2D eigenvalue weighted by atomic mass is 9.97. The molecule has 0 saturated carbocycles. The normalized spacial score (nSPS) is 25.6. The molecule has 2 atom stereocenters. The number of carbonyl (C=O) groups is 1. The minimum absolute atomic E-state index is 0.0382. The number of hydrogen-bond acceptors (Lipinski definition) is 3. The van der Waals surface area contributed by atoms with E-state index in [2.05, 4.69) is 32.6 Å². The van der Waals surface area contributed by atoms with Crippen LogP contribution in [-0.4, -0.2) is 42.0 Å². The first kappa shape index (κ1) is 15.6. The zero-order valence-electron chi connectivity index (χ0n) is 12.8. The number of rotatable bonds is 6. The maximum absolute atomic E-state index is 12.4. The summed E-state index contributed by atoms with van der Waals surface area (Å²) in [5.41, 5.74) is 0. The minimum atomic E-state index is -0.0382. The average Bonchev–Trinajstić information content (AvgIpc) is 2.68. The van der Waals surface area contributed by atoms with Gasteiger partial charge in [-0.1, -0.05) is 27.7 Å². The van der Waals surface area contributed by atoms with Crippen molar-refractivity contribution in [2.75, 3.05) is 13.2 Å². The Kier molecular flexibility index (Phi) is 5.80. The van der Waals surface area contributed by atoms with Gasteiger partial charge in [-0.2, -0.15) is 0 Å². The topological polar surface area (TPSA) is 29.5 Å². The fourth-order valence-corrected chi connectivity index (χ4v) is 2.54. The van der Waals surface area contributed by atoms with Crippen molar-refractivity contribution in [2.24, 2.45) is 11.8 Å². The van der Waals surface area contributed by atoms with Gasteiger partial charge in [-0.3, -0.25) is 9.69 Å². The van der Waals surface area contributed by atoms with Gasteiger partial charge in [0.25, 0.3) is 0 Å². The van der Waals surface area contributed by atoms with E-state index >= 15 is 0 Å². The smallest absolute Gasteiger partial charge is 0.155 e. The van der Waals surface area contributed by atoms with Crippen LogP contribution < -0.4 is 0 Å². The van der Waals surface area contributed by atoms with E-state index in [0.717, 1.165) is 19.6 Å². The highest BCUT2D eigenvalue weighted by molar-refractivity contribution is 5.86. The zero-order valence-corrected chi connectivity index (χ0v) is 12.8. The van der Waals surface area contributed by atoms with Gasteiger partial charge < -0.3 is 4.74 Å². The summed E-state index contributed by atoms with van der Waals surface area (Å²) in [6.45, 7) is 14.3. The van der Waals surface area contributed by atoms with Crippen molar-refractivity contribution in [3.63, 3.8) is 0 Å². The Morgan fingerprint density at radius 2 is 1.83 bits per heavy atom. The van der Waals surface area contributed by atoms with Crippen molar-refractivity contribution < 1.29 is 9.53 Å². The van der Waals surface area contributed by atoms with Gasteiger partial charge in [0.15, 0.2) is 5.78 Å². The third kappa shape index (κ3) is 3.79. The Morgan fingerprint density at radius 3 is 2.28 bits per heavy atom. The largest absolute Gasteiger partial charge is 0.376 e. The molecular formula is C15H29NO2. The van der Waals surface area contributed by atoms with Gasteiger partial charge in [-0.25, -0.2) is 0 Å². The second kappa shape index (κ2) is 6.67. The van der Waals surface area contributed by atoms with Gasteiger partial charge in [0.05, 0.1) is 12.1 Å². The number of ketones is 1. The molecular weight excluding hydrogens is 226 g/mol. The van der Waals surface area contributed by atoms with Crippen LogP contribution in [0.4, 0.5) is 0 Å². The average molecular weight is 255 g/mol. The number of hydrogen-bond donors (Lipinski definition) is 0. The van der Waals surface area contributed by atoms with Crippen molar-refractivity contribution in [1.29, 1.82) is 0 Å². The summed E-state index contributed by atoms with van der Waals surface area (Å²) in [7, 11) is 0. The molecule has 0 amide bonds. The molecule has 0 radical (unpaired) electrons. The molecule has 18 heavy (non-hydrogen) atoms.